The van der Waals surface area contributed by atoms with Crippen LogP contribution in [0.4, 0.5) is 0 Å². The Kier molecular flexibility index (Phi) is 7.21. The third-order valence-corrected chi connectivity index (χ3v) is 4.14. The first kappa shape index (κ1) is 15.4. The maximum absolute atomic E-state index is 5.44. The summed E-state index contributed by atoms with van der Waals surface area (Å²) in [6.07, 6.45) is 3.38. The molecule has 1 N–H and O–H groups in total. The van der Waals surface area contributed by atoms with Crippen molar-refractivity contribution >= 4 is 11.8 Å². The Balaban J connectivity index is 2.39. The first-order valence-electron chi connectivity index (χ1n) is 6.66. The monoisotopic (exact) mass is 267 g/mol. The molecule has 0 heterocycles. The second-order valence-corrected chi connectivity index (χ2v) is 5.79. The van der Waals surface area contributed by atoms with Crippen LogP contribution in [0.5, 0.6) is 5.75 Å². The van der Waals surface area contributed by atoms with Crippen LogP contribution in [0.2, 0.25) is 0 Å². The van der Waals surface area contributed by atoms with Gasteiger partial charge in [-0.3, -0.25) is 0 Å². The van der Waals surface area contributed by atoms with Gasteiger partial charge in [-0.2, -0.15) is 11.8 Å². The third-order valence-electron chi connectivity index (χ3n) is 3.09. The van der Waals surface area contributed by atoms with Crippen LogP contribution in [0.15, 0.2) is 24.3 Å². The molecule has 0 amide bonds. The molecule has 0 saturated heterocycles. The second-order valence-electron chi connectivity index (χ2n) is 4.51. The molecule has 2 unspecified atom stereocenters. The Labute approximate surface area is 116 Å². The van der Waals surface area contributed by atoms with E-state index < -0.39 is 0 Å². The van der Waals surface area contributed by atoms with Crippen LogP contribution in [-0.2, 0) is 0 Å². The summed E-state index contributed by atoms with van der Waals surface area (Å²) in [7, 11) is 0. The fraction of sp³-hybridized carbons (Fsp3) is 0.600. The summed E-state index contributed by atoms with van der Waals surface area (Å²) >= 11 is 1.92. The molecule has 3 heteroatoms. The van der Waals surface area contributed by atoms with Gasteiger partial charge in [0.1, 0.15) is 5.75 Å². The van der Waals surface area contributed by atoms with Gasteiger partial charge in [-0.25, -0.2) is 0 Å². The normalized spacial score (nSPS) is 14.2. The van der Waals surface area contributed by atoms with Gasteiger partial charge in [0, 0.05) is 11.3 Å². The van der Waals surface area contributed by atoms with Crippen LogP contribution in [-0.4, -0.2) is 24.7 Å². The molecule has 1 aromatic rings. The zero-order valence-electron chi connectivity index (χ0n) is 11.9. The van der Waals surface area contributed by atoms with Crippen LogP contribution in [0.25, 0.3) is 0 Å². The van der Waals surface area contributed by atoms with E-state index in [4.69, 9.17) is 4.74 Å². The molecule has 0 fully saturated rings. The van der Waals surface area contributed by atoms with Crippen molar-refractivity contribution in [2.24, 2.45) is 0 Å². The van der Waals surface area contributed by atoms with Crippen LogP contribution < -0.4 is 10.1 Å². The van der Waals surface area contributed by atoms with E-state index in [1.54, 1.807) is 0 Å². The van der Waals surface area contributed by atoms with Gasteiger partial charge in [0.2, 0.25) is 0 Å². The molecule has 0 aliphatic rings. The van der Waals surface area contributed by atoms with E-state index in [0.29, 0.717) is 6.04 Å². The van der Waals surface area contributed by atoms with Crippen molar-refractivity contribution in [2.75, 3.05) is 19.4 Å². The van der Waals surface area contributed by atoms with Crippen molar-refractivity contribution in [3.63, 3.8) is 0 Å². The third kappa shape index (κ3) is 5.32. The highest BCUT2D eigenvalue weighted by atomic mass is 32.2. The number of rotatable bonds is 8. The Morgan fingerprint density at radius 3 is 2.44 bits per heavy atom. The van der Waals surface area contributed by atoms with Crippen molar-refractivity contribution in [2.45, 2.75) is 38.5 Å². The minimum absolute atomic E-state index is 0.398. The largest absolute Gasteiger partial charge is 0.494 e. The Hall–Kier alpha value is -0.670. The molecule has 0 aliphatic heterocycles. The topological polar surface area (TPSA) is 21.3 Å². The van der Waals surface area contributed by atoms with E-state index in [9.17, 15) is 0 Å². The van der Waals surface area contributed by atoms with Gasteiger partial charge in [-0.15, -0.1) is 0 Å². The molecule has 0 aromatic heterocycles. The molecule has 1 rings (SSSR count). The van der Waals surface area contributed by atoms with Gasteiger partial charge >= 0.3 is 0 Å². The molecule has 0 radical (unpaired) electrons. The number of nitrogens with one attached hydrogen (secondary N) is 1. The van der Waals surface area contributed by atoms with Gasteiger partial charge in [-0.05, 0) is 50.8 Å². The van der Waals surface area contributed by atoms with Gasteiger partial charge in [0.15, 0.2) is 0 Å². The number of thioether (sulfide) groups is 1. The molecule has 0 spiro atoms. The summed E-state index contributed by atoms with van der Waals surface area (Å²) in [6.45, 7) is 8.27. The van der Waals surface area contributed by atoms with Crippen molar-refractivity contribution in [1.82, 2.24) is 5.32 Å². The summed E-state index contributed by atoms with van der Waals surface area (Å²) in [4.78, 5) is 0. The summed E-state index contributed by atoms with van der Waals surface area (Å²) in [5, 5.41) is 4.29. The fourth-order valence-electron chi connectivity index (χ4n) is 1.76. The fourth-order valence-corrected chi connectivity index (χ4v) is 2.11. The Morgan fingerprint density at radius 2 is 1.89 bits per heavy atom. The molecule has 102 valence electrons. The number of benzene rings is 1. The lowest BCUT2D eigenvalue weighted by molar-refractivity contribution is 0.340. The lowest BCUT2D eigenvalue weighted by Crippen LogP contribution is -2.21. The molecule has 2 atom stereocenters. The quantitative estimate of drug-likeness (QED) is 0.772. The predicted molar refractivity (Wildman–Crippen MR) is 81.6 cm³/mol. The predicted octanol–water partition coefficient (Wildman–Crippen LogP) is 3.88. The SMILES string of the molecule is CCOc1ccc(C(C)NCCC(C)SC)cc1. The Bertz CT molecular complexity index is 326. The van der Waals surface area contributed by atoms with E-state index in [1.165, 1.54) is 12.0 Å². The zero-order valence-corrected chi connectivity index (χ0v) is 12.7. The van der Waals surface area contributed by atoms with E-state index in [-0.39, 0.29) is 0 Å². The first-order chi connectivity index (χ1) is 8.67. The highest BCUT2D eigenvalue weighted by molar-refractivity contribution is 7.99. The standard InChI is InChI=1S/C15H25NOS/c1-5-17-15-8-6-14(7-9-15)13(3)16-11-10-12(2)18-4/h6-9,12-13,16H,5,10-11H2,1-4H3. The first-order valence-corrected chi connectivity index (χ1v) is 7.95. The number of hydrogen-bond donors (Lipinski definition) is 1. The molecule has 0 aliphatic carbocycles. The maximum Gasteiger partial charge on any atom is 0.119 e. The highest BCUT2D eigenvalue weighted by Gasteiger charge is 2.06. The van der Waals surface area contributed by atoms with E-state index in [0.717, 1.165) is 24.2 Å². The molecule has 1 aromatic carbocycles. The van der Waals surface area contributed by atoms with Crippen LogP contribution in [0.1, 0.15) is 38.8 Å². The van der Waals surface area contributed by atoms with Crippen LogP contribution >= 0.6 is 11.8 Å². The number of ether oxygens (including phenoxy) is 1. The maximum atomic E-state index is 5.44. The second kappa shape index (κ2) is 8.44. The van der Waals surface area contributed by atoms with E-state index >= 15 is 0 Å². The minimum atomic E-state index is 0.398. The van der Waals surface area contributed by atoms with E-state index in [2.05, 4.69) is 37.6 Å². The summed E-state index contributed by atoms with van der Waals surface area (Å²) < 4.78 is 5.44. The molecule has 0 saturated carbocycles. The van der Waals surface area contributed by atoms with Gasteiger partial charge in [0.05, 0.1) is 6.61 Å². The minimum Gasteiger partial charge on any atom is -0.494 e. The van der Waals surface area contributed by atoms with Gasteiger partial charge < -0.3 is 10.1 Å². The lowest BCUT2D eigenvalue weighted by atomic mass is 10.1. The zero-order chi connectivity index (χ0) is 13.4. The average Bonchev–Trinajstić information content (AvgIpc) is 2.39. The molecular weight excluding hydrogens is 242 g/mol. The van der Waals surface area contributed by atoms with Crippen LogP contribution in [0, 0.1) is 0 Å². The Morgan fingerprint density at radius 1 is 1.22 bits per heavy atom. The smallest absolute Gasteiger partial charge is 0.119 e. The summed E-state index contributed by atoms with van der Waals surface area (Å²) in [6, 6.07) is 8.76. The van der Waals surface area contributed by atoms with Crippen molar-refractivity contribution in [3.05, 3.63) is 29.8 Å². The van der Waals surface area contributed by atoms with Crippen molar-refractivity contribution < 1.29 is 4.74 Å². The highest BCUT2D eigenvalue weighted by Crippen LogP contribution is 2.18. The van der Waals surface area contributed by atoms with Crippen molar-refractivity contribution in [3.8, 4) is 5.75 Å². The lowest BCUT2D eigenvalue weighted by Gasteiger charge is -2.16. The van der Waals surface area contributed by atoms with Crippen LogP contribution in [0.3, 0.4) is 0 Å². The van der Waals surface area contributed by atoms with Gasteiger partial charge in [-0.1, -0.05) is 19.1 Å². The number of hydrogen-bond acceptors (Lipinski definition) is 3. The van der Waals surface area contributed by atoms with Crippen molar-refractivity contribution in [1.29, 1.82) is 0 Å². The summed E-state index contributed by atoms with van der Waals surface area (Å²) in [5.41, 5.74) is 1.32. The molecule has 2 nitrogen and oxygen atoms in total. The average molecular weight is 267 g/mol. The van der Waals surface area contributed by atoms with E-state index in [1.807, 2.05) is 30.8 Å². The van der Waals surface area contributed by atoms with Gasteiger partial charge in [0.25, 0.3) is 0 Å². The molecule has 0 bridgehead atoms. The summed E-state index contributed by atoms with van der Waals surface area (Å²) in [5.74, 6) is 0.949. The molecular formula is C15H25NOS. The molecule has 18 heavy (non-hydrogen) atoms.